The number of nitriles is 1. The second-order valence-corrected chi connectivity index (χ2v) is 7.29. The van der Waals surface area contributed by atoms with E-state index >= 15 is 0 Å². The normalized spacial score (nSPS) is 16.2. The zero-order valence-electron chi connectivity index (χ0n) is 13.7. The van der Waals surface area contributed by atoms with E-state index in [0.29, 0.717) is 0 Å². The van der Waals surface area contributed by atoms with E-state index in [2.05, 4.69) is 40.6 Å². The molecule has 5 heteroatoms. The molecule has 1 aliphatic rings. The van der Waals surface area contributed by atoms with Crippen LogP contribution in [0.15, 0.2) is 35.7 Å². The van der Waals surface area contributed by atoms with Gasteiger partial charge in [0.05, 0.1) is 11.7 Å². The lowest BCUT2D eigenvalue weighted by Gasteiger charge is -2.30. The van der Waals surface area contributed by atoms with Crippen LogP contribution in [0.3, 0.4) is 0 Å². The SMILES string of the molecule is N#Cc1csc(CNCc2ccccc2CN2CCC(O)CC2)c1. The Morgan fingerprint density at radius 1 is 1.21 bits per heavy atom. The smallest absolute Gasteiger partial charge is 0.100 e. The molecule has 1 aromatic carbocycles. The van der Waals surface area contributed by atoms with Crippen LogP contribution in [0.5, 0.6) is 0 Å². The number of likely N-dealkylation sites (tertiary alicyclic amines) is 1. The van der Waals surface area contributed by atoms with Gasteiger partial charge in [-0.15, -0.1) is 11.3 Å². The summed E-state index contributed by atoms with van der Waals surface area (Å²) >= 11 is 1.63. The summed E-state index contributed by atoms with van der Waals surface area (Å²) in [5, 5.41) is 23.9. The molecule has 1 fully saturated rings. The van der Waals surface area contributed by atoms with Gasteiger partial charge in [-0.05, 0) is 30.0 Å². The second kappa shape index (κ2) is 8.41. The molecule has 0 radical (unpaired) electrons. The topological polar surface area (TPSA) is 59.3 Å². The lowest BCUT2D eigenvalue weighted by atomic mass is 10.0. The number of nitrogens with one attached hydrogen (secondary N) is 1. The van der Waals surface area contributed by atoms with Gasteiger partial charge in [-0.25, -0.2) is 0 Å². The van der Waals surface area contributed by atoms with Crippen LogP contribution in [-0.2, 0) is 19.6 Å². The first-order valence-electron chi connectivity index (χ1n) is 8.40. The van der Waals surface area contributed by atoms with Crippen molar-refractivity contribution in [2.45, 2.75) is 38.6 Å². The molecule has 0 spiro atoms. The van der Waals surface area contributed by atoms with Crippen LogP contribution >= 0.6 is 11.3 Å². The molecule has 0 unspecified atom stereocenters. The minimum Gasteiger partial charge on any atom is -0.393 e. The van der Waals surface area contributed by atoms with Crippen LogP contribution < -0.4 is 5.32 Å². The van der Waals surface area contributed by atoms with Crippen molar-refractivity contribution in [3.63, 3.8) is 0 Å². The number of nitrogens with zero attached hydrogens (tertiary/aromatic N) is 2. The zero-order chi connectivity index (χ0) is 16.8. The van der Waals surface area contributed by atoms with Gasteiger partial charge in [-0.3, -0.25) is 4.90 Å². The molecule has 2 aromatic rings. The lowest BCUT2D eigenvalue weighted by molar-refractivity contribution is 0.0791. The summed E-state index contributed by atoms with van der Waals surface area (Å²) in [6, 6.07) is 12.7. The van der Waals surface area contributed by atoms with E-state index in [4.69, 9.17) is 5.26 Å². The summed E-state index contributed by atoms with van der Waals surface area (Å²) in [7, 11) is 0. The van der Waals surface area contributed by atoms with Gasteiger partial charge in [0.15, 0.2) is 0 Å². The number of thiophene rings is 1. The van der Waals surface area contributed by atoms with Crippen LogP contribution in [0.4, 0.5) is 0 Å². The summed E-state index contributed by atoms with van der Waals surface area (Å²) in [5.41, 5.74) is 3.41. The van der Waals surface area contributed by atoms with Crippen molar-refractivity contribution in [3.8, 4) is 6.07 Å². The summed E-state index contributed by atoms with van der Waals surface area (Å²) < 4.78 is 0. The van der Waals surface area contributed by atoms with Gasteiger partial charge in [0, 0.05) is 43.0 Å². The third-order valence-electron chi connectivity index (χ3n) is 4.47. The Kier molecular flexibility index (Phi) is 6.00. The number of piperidine rings is 1. The molecule has 0 aliphatic carbocycles. The van der Waals surface area contributed by atoms with Crippen molar-refractivity contribution >= 4 is 11.3 Å². The van der Waals surface area contributed by atoms with Gasteiger partial charge in [0.2, 0.25) is 0 Å². The Morgan fingerprint density at radius 3 is 2.67 bits per heavy atom. The van der Waals surface area contributed by atoms with Gasteiger partial charge >= 0.3 is 0 Å². The fourth-order valence-electron chi connectivity index (χ4n) is 3.05. The maximum atomic E-state index is 9.64. The average Bonchev–Trinajstić information content (AvgIpc) is 3.06. The van der Waals surface area contributed by atoms with Gasteiger partial charge in [-0.1, -0.05) is 24.3 Å². The standard InChI is InChI=1S/C19H23N3OS/c20-10-15-9-19(24-14-15)12-21-11-16-3-1-2-4-17(16)13-22-7-5-18(23)6-8-22/h1-4,9,14,18,21,23H,5-8,11-13H2. The first-order valence-corrected chi connectivity index (χ1v) is 9.28. The Morgan fingerprint density at radius 2 is 1.96 bits per heavy atom. The number of aliphatic hydroxyl groups is 1. The molecular formula is C19H23N3OS. The molecule has 126 valence electrons. The molecule has 4 nitrogen and oxygen atoms in total. The van der Waals surface area contributed by atoms with E-state index in [1.165, 1.54) is 16.0 Å². The van der Waals surface area contributed by atoms with Crippen LogP contribution in [0.1, 0.15) is 34.4 Å². The van der Waals surface area contributed by atoms with Crippen molar-refractivity contribution in [3.05, 3.63) is 57.3 Å². The van der Waals surface area contributed by atoms with Crippen LogP contribution in [0.25, 0.3) is 0 Å². The highest BCUT2D eigenvalue weighted by molar-refractivity contribution is 7.10. The van der Waals surface area contributed by atoms with E-state index in [1.807, 2.05) is 11.4 Å². The number of hydrogen-bond acceptors (Lipinski definition) is 5. The van der Waals surface area contributed by atoms with Crippen LogP contribution in [0.2, 0.25) is 0 Å². The molecule has 0 atom stereocenters. The molecule has 1 saturated heterocycles. The maximum Gasteiger partial charge on any atom is 0.100 e. The molecule has 24 heavy (non-hydrogen) atoms. The zero-order valence-corrected chi connectivity index (χ0v) is 14.6. The average molecular weight is 341 g/mol. The van der Waals surface area contributed by atoms with Crippen molar-refractivity contribution < 1.29 is 5.11 Å². The quantitative estimate of drug-likeness (QED) is 0.848. The van der Waals surface area contributed by atoms with Gasteiger partial charge in [-0.2, -0.15) is 5.26 Å². The Hall–Kier alpha value is -1.71. The molecular weight excluding hydrogens is 318 g/mol. The minimum atomic E-state index is -0.123. The number of rotatable bonds is 6. The summed E-state index contributed by atoms with van der Waals surface area (Å²) in [5.74, 6) is 0. The van der Waals surface area contributed by atoms with E-state index in [0.717, 1.165) is 51.1 Å². The van der Waals surface area contributed by atoms with Crippen molar-refractivity contribution in [2.24, 2.45) is 0 Å². The summed E-state index contributed by atoms with van der Waals surface area (Å²) in [6.07, 6.45) is 1.63. The summed E-state index contributed by atoms with van der Waals surface area (Å²) in [4.78, 5) is 3.61. The largest absolute Gasteiger partial charge is 0.393 e. The monoisotopic (exact) mass is 341 g/mol. The fourth-order valence-corrected chi connectivity index (χ4v) is 3.83. The number of benzene rings is 1. The third kappa shape index (κ3) is 4.65. The van der Waals surface area contributed by atoms with Crippen molar-refractivity contribution in [1.82, 2.24) is 10.2 Å². The van der Waals surface area contributed by atoms with Gasteiger partial charge in [0.1, 0.15) is 6.07 Å². The van der Waals surface area contributed by atoms with E-state index in [-0.39, 0.29) is 6.10 Å². The highest BCUT2D eigenvalue weighted by Crippen LogP contribution is 2.17. The highest BCUT2D eigenvalue weighted by Gasteiger charge is 2.17. The number of aliphatic hydroxyl groups excluding tert-OH is 1. The predicted octanol–water partition coefficient (Wildman–Crippen LogP) is 2.87. The van der Waals surface area contributed by atoms with E-state index in [1.54, 1.807) is 11.3 Å². The maximum absolute atomic E-state index is 9.64. The van der Waals surface area contributed by atoms with E-state index < -0.39 is 0 Å². The molecule has 3 rings (SSSR count). The van der Waals surface area contributed by atoms with E-state index in [9.17, 15) is 5.11 Å². The second-order valence-electron chi connectivity index (χ2n) is 6.29. The highest BCUT2D eigenvalue weighted by atomic mass is 32.1. The molecule has 2 heterocycles. The fraction of sp³-hybridized carbons (Fsp3) is 0.421. The predicted molar refractivity (Wildman–Crippen MR) is 96.5 cm³/mol. The third-order valence-corrected chi connectivity index (χ3v) is 5.40. The Bertz CT molecular complexity index is 699. The van der Waals surface area contributed by atoms with Crippen molar-refractivity contribution in [2.75, 3.05) is 13.1 Å². The lowest BCUT2D eigenvalue weighted by Crippen LogP contribution is -2.35. The molecule has 2 N–H and O–H groups in total. The molecule has 0 amide bonds. The molecule has 0 saturated carbocycles. The number of hydrogen-bond donors (Lipinski definition) is 2. The molecule has 1 aromatic heterocycles. The first kappa shape index (κ1) is 17.1. The van der Waals surface area contributed by atoms with Gasteiger partial charge in [0.25, 0.3) is 0 Å². The molecule has 0 bridgehead atoms. The summed E-state index contributed by atoms with van der Waals surface area (Å²) in [6.45, 7) is 4.50. The Balaban J connectivity index is 1.54. The van der Waals surface area contributed by atoms with Crippen LogP contribution in [0, 0.1) is 11.3 Å². The minimum absolute atomic E-state index is 0.123. The Labute approximate surface area is 147 Å². The molecule has 1 aliphatic heterocycles. The first-order chi connectivity index (χ1) is 11.7. The van der Waals surface area contributed by atoms with Gasteiger partial charge < -0.3 is 10.4 Å². The van der Waals surface area contributed by atoms with Crippen LogP contribution in [-0.4, -0.2) is 29.2 Å². The van der Waals surface area contributed by atoms with Crippen molar-refractivity contribution in [1.29, 1.82) is 5.26 Å².